The van der Waals surface area contributed by atoms with Gasteiger partial charge in [0.1, 0.15) is 22.8 Å². The van der Waals surface area contributed by atoms with Crippen molar-refractivity contribution in [2.24, 2.45) is 5.92 Å². The minimum atomic E-state index is -1.07. The lowest BCUT2D eigenvalue weighted by molar-refractivity contribution is -0.161. The number of ether oxygens (including phenoxy) is 3. The molecule has 2 aliphatic rings. The Morgan fingerprint density at radius 3 is 2.28 bits per heavy atom. The topological polar surface area (TPSA) is 94.2 Å². The van der Waals surface area contributed by atoms with E-state index in [9.17, 15) is 14.4 Å². The Balaban J connectivity index is 1.51. The van der Waals surface area contributed by atoms with Crippen LogP contribution in [0.2, 0.25) is 0 Å². The number of likely N-dealkylation sites (tertiary alicyclic amines) is 1. The van der Waals surface area contributed by atoms with Gasteiger partial charge in [-0.3, -0.25) is 9.69 Å². The first-order valence-corrected chi connectivity index (χ1v) is 13.9. The summed E-state index contributed by atoms with van der Waals surface area (Å²) >= 11 is 0. The van der Waals surface area contributed by atoms with Crippen LogP contribution in [-0.4, -0.2) is 58.3 Å². The highest BCUT2D eigenvalue weighted by Crippen LogP contribution is 2.47. The lowest BCUT2D eigenvalue weighted by atomic mass is 10.1. The summed E-state index contributed by atoms with van der Waals surface area (Å²) in [7, 11) is 0. The lowest BCUT2D eigenvalue weighted by Crippen LogP contribution is -2.54. The van der Waals surface area contributed by atoms with Gasteiger partial charge < -0.3 is 19.5 Å². The third-order valence-corrected chi connectivity index (χ3v) is 7.26. The Bertz CT molecular complexity index is 1220. The van der Waals surface area contributed by atoms with Crippen LogP contribution >= 0.6 is 0 Å². The second-order valence-electron chi connectivity index (χ2n) is 12.7. The van der Waals surface area contributed by atoms with Crippen LogP contribution in [0.4, 0.5) is 4.79 Å². The van der Waals surface area contributed by atoms with E-state index >= 15 is 0 Å². The van der Waals surface area contributed by atoms with Gasteiger partial charge in [0.2, 0.25) is 5.91 Å². The largest absolute Gasteiger partial charge is 0.458 e. The molecule has 2 aromatic carbocycles. The van der Waals surface area contributed by atoms with E-state index < -0.39 is 34.8 Å². The zero-order valence-corrected chi connectivity index (χ0v) is 24.2. The molecule has 0 aromatic heterocycles. The average molecular weight is 539 g/mol. The summed E-state index contributed by atoms with van der Waals surface area (Å²) in [5.74, 6) is -0.828. The Kier molecular flexibility index (Phi) is 7.99. The molecule has 2 unspecified atom stereocenters. The van der Waals surface area contributed by atoms with E-state index in [0.29, 0.717) is 19.4 Å². The number of esters is 1. The van der Waals surface area contributed by atoms with Crippen LogP contribution in [0, 0.1) is 5.92 Å². The summed E-state index contributed by atoms with van der Waals surface area (Å²) in [5.41, 5.74) is -1.42. The minimum absolute atomic E-state index is 0.00825. The van der Waals surface area contributed by atoms with E-state index in [2.05, 4.69) is 23.5 Å². The Morgan fingerprint density at radius 1 is 0.974 bits per heavy atom. The molecule has 2 amide bonds. The molecule has 0 spiro atoms. The molecule has 2 aromatic rings. The molecule has 1 saturated heterocycles. The summed E-state index contributed by atoms with van der Waals surface area (Å²) in [6, 6.07) is 13.4. The van der Waals surface area contributed by atoms with Gasteiger partial charge in [0.15, 0.2) is 0 Å². The molecule has 1 saturated carbocycles. The summed E-state index contributed by atoms with van der Waals surface area (Å²) in [6.07, 6.45) is 0.608. The molecule has 2 fully saturated rings. The van der Waals surface area contributed by atoms with Crippen molar-refractivity contribution in [1.82, 2.24) is 10.2 Å². The number of carbonyl (C=O) groups is 3. The molecule has 1 aliphatic heterocycles. The Morgan fingerprint density at radius 2 is 1.64 bits per heavy atom. The molecule has 0 radical (unpaired) electrons. The summed E-state index contributed by atoms with van der Waals surface area (Å²) in [5, 5.41) is 5.21. The summed E-state index contributed by atoms with van der Waals surface area (Å²) in [6.45, 7) is 13.3. The normalized spacial score (nSPS) is 24.9. The molecule has 4 rings (SSSR count). The highest BCUT2D eigenvalue weighted by molar-refractivity contribution is 5.94. The molecule has 4 atom stereocenters. The zero-order chi connectivity index (χ0) is 28.6. The second kappa shape index (κ2) is 10.8. The lowest BCUT2D eigenvalue weighted by Gasteiger charge is -2.30. The number of nitrogens with zero attached hydrogens (tertiary/aromatic N) is 1. The quantitative estimate of drug-likeness (QED) is 0.477. The Hall–Kier alpha value is -3.13. The molecule has 39 heavy (non-hydrogen) atoms. The number of carbonyl (C=O) groups excluding carboxylic acids is 3. The van der Waals surface area contributed by atoms with Gasteiger partial charge in [-0.15, -0.1) is 0 Å². The van der Waals surface area contributed by atoms with Crippen LogP contribution in [0.15, 0.2) is 42.5 Å². The van der Waals surface area contributed by atoms with Crippen LogP contribution in [-0.2, 0) is 30.4 Å². The van der Waals surface area contributed by atoms with E-state index in [4.69, 9.17) is 14.2 Å². The molecule has 8 heteroatoms. The Labute approximate surface area is 231 Å². The number of hydrogen-bond acceptors (Lipinski definition) is 6. The van der Waals surface area contributed by atoms with E-state index in [-0.39, 0.29) is 24.5 Å². The van der Waals surface area contributed by atoms with E-state index in [1.165, 1.54) is 4.90 Å². The highest BCUT2D eigenvalue weighted by atomic mass is 16.6. The first kappa shape index (κ1) is 28.9. The smallest absolute Gasteiger partial charge is 0.411 e. The monoisotopic (exact) mass is 538 g/mol. The van der Waals surface area contributed by atoms with Crippen LogP contribution in [0.25, 0.3) is 10.8 Å². The van der Waals surface area contributed by atoms with Gasteiger partial charge in [0.25, 0.3) is 0 Å². The third kappa shape index (κ3) is 6.72. The number of amides is 2. The van der Waals surface area contributed by atoms with E-state index in [1.807, 2.05) is 52.0 Å². The fourth-order valence-corrected chi connectivity index (χ4v) is 5.26. The maximum atomic E-state index is 13.7. The molecule has 1 aliphatic carbocycles. The number of hydrogen-bond donors (Lipinski definition) is 1. The minimum Gasteiger partial charge on any atom is -0.458 e. The second-order valence-corrected chi connectivity index (χ2v) is 12.7. The maximum Gasteiger partial charge on any atom is 0.411 e. The summed E-state index contributed by atoms with van der Waals surface area (Å²) < 4.78 is 17.6. The van der Waals surface area contributed by atoms with E-state index in [0.717, 1.165) is 22.8 Å². The van der Waals surface area contributed by atoms with Crippen LogP contribution in [0.5, 0.6) is 0 Å². The third-order valence-electron chi connectivity index (χ3n) is 7.26. The number of nitrogens with one attached hydrogen (secondary N) is 1. The van der Waals surface area contributed by atoms with Gasteiger partial charge in [-0.05, 0) is 70.2 Å². The number of rotatable bonds is 7. The standard InChI is InChI=1S/C31H42N2O6/c1-8-22-17-31(22,27(35)38-29(2,3)4)32-26(34)25-16-23(18-33(25)28(36)39-30(5,6)7)37-19-21-14-11-13-20-12-9-10-15-24(20)21/h9-15,22-23,25H,8,16-19H2,1-7H3,(H,32,34)/t22?,23-,25?,31+/m1/s1. The predicted molar refractivity (Wildman–Crippen MR) is 149 cm³/mol. The zero-order valence-electron chi connectivity index (χ0n) is 24.2. The molecule has 1 N–H and O–H groups in total. The van der Waals surface area contributed by atoms with Crippen molar-refractivity contribution < 1.29 is 28.6 Å². The molecule has 0 bridgehead atoms. The predicted octanol–water partition coefficient (Wildman–Crippen LogP) is 5.36. The number of fused-ring (bicyclic) bond motifs is 1. The molecule has 1 heterocycles. The van der Waals surface area contributed by atoms with Gasteiger partial charge in [0, 0.05) is 6.42 Å². The first-order chi connectivity index (χ1) is 18.2. The van der Waals surface area contributed by atoms with Gasteiger partial charge in [-0.25, -0.2) is 9.59 Å². The van der Waals surface area contributed by atoms with Crippen LogP contribution < -0.4 is 5.32 Å². The van der Waals surface area contributed by atoms with E-state index in [1.54, 1.807) is 20.8 Å². The molecular formula is C31H42N2O6. The van der Waals surface area contributed by atoms with Crippen molar-refractivity contribution in [3.63, 3.8) is 0 Å². The van der Waals surface area contributed by atoms with Gasteiger partial charge in [0.05, 0.1) is 19.3 Å². The van der Waals surface area contributed by atoms with Crippen LogP contribution in [0.3, 0.4) is 0 Å². The van der Waals surface area contributed by atoms with Crippen molar-refractivity contribution in [2.75, 3.05) is 6.54 Å². The van der Waals surface area contributed by atoms with Crippen molar-refractivity contribution in [1.29, 1.82) is 0 Å². The molecule has 212 valence electrons. The molecular weight excluding hydrogens is 496 g/mol. The summed E-state index contributed by atoms with van der Waals surface area (Å²) in [4.78, 5) is 41.4. The van der Waals surface area contributed by atoms with Gasteiger partial charge in [-0.1, -0.05) is 55.8 Å². The van der Waals surface area contributed by atoms with Crippen molar-refractivity contribution in [3.05, 3.63) is 48.0 Å². The van der Waals surface area contributed by atoms with Crippen LogP contribution in [0.1, 0.15) is 73.3 Å². The van der Waals surface area contributed by atoms with Crippen molar-refractivity contribution in [2.45, 2.75) is 103 Å². The molecule has 8 nitrogen and oxygen atoms in total. The maximum absolute atomic E-state index is 13.7. The van der Waals surface area contributed by atoms with Gasteiger partial charge in [-0.2, -0.15) is 0 Å². The van der Waals surface area contributed by atoms with Gasteiger partial charge >= 0.3 is 12.1 Å². The first-order valence-electron chi connectivity index (χ1n) is 13.9. The van der Waals surface area contributed by atoms with Crippen molar-refractivity contribution >= 4 is 28.7 Å². The average Bonchev–Trinajstić information content (AvgIpc) is 3.38. The SMILES string of the molecule is CCC1C[C@@]1(NC(=O)C1C[C@@H](OCc2cccc3ccccc23)CN1C(=O)OC(C)(C)C)C(=O)OC(C)(C)C. The van der Waals surface area contributed by atoms with Crippen molar-refractivity contribution in [3.8, 4) is 0 Å². The fraction of sp³-hybridized carbons (Fsp3) is 0.581. The fourth-order valence-electron chi connectivity index (χ4n) is 5.26. The highest BCUT2D eigenvalue weighted by Gasteiger charge is 2.62. The number of benzene rings is 2.